The van der Waals surface area contributed by atoms with E-state index >= 15 is 0 Å². The van der Waals surface area contributed by atoms with Gasteiger partial charge in [-0.1, -0.05) is 59.1 Å². The molecule has 0 spiro atoms. The number of esters is 1. The number of aryl methyl sites for hydroxylation is 1. The van der Waals surface area contributed by atoms with Crippen molar-refractivity contribution in [3.63, 3.8) is 0 Å². The first kappa shape index (κ1) is 16.6. The smallest absolute Gasteiger partial charge is 0.331 e. The Labute approximate surface area is 140 Å². The van der Waals surface area contributed by atoms with Gasteiger partial charge in [0.15, 0.2) is 0 Å². The summed E-state index contributed by atoms with van der Waals surface area (Å²) in [6, 6.07) is 13.2. The Bertz CT molecular complexity index is 721. The van der Waals surface area contributed by atoms with Crippen LogP contribution in [0.4, 0.5) is 0 Å². The summed E-state index contributed by atoms with van der Waals surface area (Å²) in [5.41, 5.74) is 3.59. The summed E-state index contributed by atoms with van der Waals surface area (Å²) in [6.45, 7) is 4.11. The molecule has 0 atom stereocenters. The topological polar surface area (TPSA) is 26.3 Å². The van der Waals surface area contributed by atoms with Gasteiger partial charge >= 0.3 is 5.97 Å². The maximum atomic E-state index is 11.9. The van der Waals surface area contributed by atoms with Crippen LogP contribution in [0.3, 0.4) is 0 Å². The molecule has 0 fully saturated rings. The highest BCUT2D eigenvalue weighted by atomic mass is 35.5. The molecule has 4 heteroatoms. The monoisotopic (exact) mass is 334 g/mol. The number of hydrogen-bond donors (Lipinski definition) is 0. The molecule has 2 aromatic rings. The first-order chi connectivity index (χ1) is 10.5. The van der Waals surface area contributed by atoms with Gasteiger partial charge < -0.3 is 4.74 Å². The van der Waals surface area contributed by atoms with Gasteiger partial charge in [0.05, 0.1) is 16.7 Å². The van der Waals surface area contributed by atoms with E-state index in [1.165, 1.54) is 6.08 Å². The van der Waals surface area contributed by atoms with Gasteiger partial charge in [0.2, 0.25) is 0 Å². The lowest BCUT2D eigenvalue weighted by Gasteiger charge is -2.10. The van der Waals surface area contributed by atoms with Crippen molar-refractivity contribution in [1.82, 2.24) is 0 Å². The quantitative estimate of drug-likeness (QED) is 0.560. The maximum Gasteiger partial charge on any atom is 0.331 e. The van der Waals surface area contributed by atoms with E-state index < -0.39 is 0 Å². The van der Waals surface area contributed by atoms with Crippen LogP contribution in [0.5, 0.6) is 0 Å². The summed E-state index contributed by atoms with van der Waals surface area (Å²) in [5, 5.41) is 0.923. The molecule has 0 N–H and O–H groups in total. The second kappa shape index (κ2) is 7.48. The van der Waals surface area contributed by atoms with Gasteiger partial charge in [-0.15, -0.1) is 0 Å². The van der Waals surface area contributed by atoms with Crippen molar-refractivity contribution in [2.75, 3.05) is 6.61 Å². The zero-order valence-electron chi connectivity index (χ0n) is 12.4. The van der Waals surface area contributed by atoms with Gasteiger partial charge in [0.25, 0.3) is 0 Å². The Balaban J connectivity index is 2.54. The Hall–Kier alpha value is -1.77. The number of benzene rings is 2. The van der Waals surface area contributed by atoms with Crippen LogP contribution in [0.1, 0.15) is 23.6 Å². The zero-order chi connectivity index (χ0) is 16.1. The van der Waals surface area contributed by atoms with Crippen LogP contribution in [0.15, 0.2) is 48.5 Å². The van der Waals surface area contributed by atoms with E-state index in [2.05, 4.69) is 0 Å². The minimum atomic E-state index is -0.384. The minimum Gasteiger partial charge on any atom is -0.463 e. The lowest BCUT2D eigenvalue weighted by atomic mass is 9.96. The van der Waals surface area contributed by atoms with Crippen LogP contribution in [0, 0.1) is 6.92 Å². The Morgan fingerprint density at radius 2 is 1.82 bits per heavy atom. The molecule has 0 aliphatic carbocycles. The predicted octanol–water partition coefficient (Wildman–Crippen LogP) is 5.30. The molecule has 0 unspecified atom stereocenters. The lowest BCUT2D eigenvalue weighted by Crippen LogP contribution is -2.02. The van der Waals surface area contributed by atoms with E-state index in [9.17, 15) is 4.79 Å². The standard InChI is InChI=1S/C18H16Cl2O2/c1-3-22-18(21)11-15(13-6-4-5-12(2)9-13)14-7-8-16(19)17(20)10-14/h4-11H,3H2,1-2H3/b15-11-. The van der Waals surface area contributed by atoms with Crippen LogP contribution >= 0.6 is 23.2 Å². The largest absolute Gasteiger partial charge is 0.463 e. The number of carbonyl (C=O) groups is 1. The van der Waals surface area contributed by atoms with E-state index in [4.69, 9.17) is 27.9 Å². The van der Waals surface area contributed by atoms with Gasteiger partial charge in [-0.3, -0.25) is 0 Å². The summed E-state index contributed by atoms with van der Waals surface area (Å²) >= 11 is 12.1. The third kappa shape index (κ3) is 4.12. The van der Waals surface area contributed by atoms with Crippen LogP contribution < -0.4 is 0 Å². The second-order valence-corrected chi connectivity index (χ2v) is 5.62. The summed E-state index contributed by atoms with van der Waals surface area (Å²) in [6.07, 6.45) is 1.48. The normalized spacial score (nSPS) is 11.4. The number of halogens is 2. The van der Waals surface area contributed by atoms with Crippen molar-refractivity contribution in [3.8, 4) is 0 Å². The molecule has 0 aliphatic heterocycles. The van der Waals surface area contributed by atoms with Crippen molar-refractivity contribution < 1.29 is 9.53 Å². The average Bonchev–Trinajstić information content (AvgIpc) is 2.48. The summed E-state index contributed by atoms with van der Waals surface area (Å²) in [5.74, 6) is -0.384. The third-order valence-corrected chi connectivity index (χ3v) is 3.85. The molecular formula is C18H16Cl2O2. The van der Waals surface area contributed by atoms with Crippen LogP contribution in [-0.4, -0.2) is 12.6 Å². The Kier molecular flexibility index (Phi) is 5.64. The first-order valence-electron chi connectivity index (χ1n) is 6.92. The Morgan fingerprint density at radius 1 is 1.09 bits per heavy atom. The van der Waals surface area contributed by atoms with E-state index in [-0.39, 0.29) is 5.97 Å². The highest BCUT2D eigenvalue weighted by molar-refractivity contribution is 6.42. The molecule has 2 rings (SSSR count). The van der Waals surface area contributed by atoms with Crippen molar-refractivity contribution >= 4 is 34.7 Å². The highest BCUT2D eigenvalue weighted by Gasteiger charge is 2.10. The molecule has 0 aliphatic rings. The SMILES string of the molecule is CCOC(=O)/C=C(/c1cccc(C)c1)c1ccc(Cl)c(Cl)c1. The molecule has 0 saturated carbocycles. The van der Waals surface area contributed by atoms with Gasteiger partial charge in [0.1, 0.15) is 0 Å². The fraction of sp³-hybridized carbons (Fsp3) is 0.167. The van der Waals surface area contributed by atoms with E-state index in [1.807, 2.05) is 37.3 Å². The summed E-state index contributed by atoms with van der Waals surface area (Å²) in [4.78, 5) is 11.9. The molecule has 114 valence electrons. The molecule has 0 bridgehead atoms. The van der Waals surface area contributed by atoms with Crippen LogP contribution in [0.25, 0.3) is 5.57 Å². The number of carbonyl (C=O) groups excluding carboxylic acids is 1. The van der Waals surface area contributed by atoms with E-state index in [1.54, 1.807) is 19.1 Å². The van der Waals surface area contributed by atoms with Gasteiger partial charge in [-0.2, -0.15) is 0 Å². The average molecular weight is 335 g/mol. The minimum absolute atomic E-state index is 0.331. The van der Waals surface area contributed by atoms with Crippen molar-refractivity contribution in [2.45, 2.75) is 13.8 Å². The van der Waals surface area contributed by atoms with Gasteiger partial charge in [-0.05, 0) is 42.7 Å². The van der Waals surface area contributed by atoms with E-state index in [0.717, 1.165) is 22.3 Å². The Morgan fingerprint density at radius 3 is 2.45 bits per heavy atom. The van der Waals surface area contributed by atoms with Crippen molar-refractivity contribution in [1.29, 1.82) is 0 Å². The molecule has 2 aromatic carbocycles. The van der Waals surface area contributed by atoms with Crippen molar-refractivity contribution in [3.05, 3.63) is 75.3 Å². The summed E-state index contributed by atoms with van der Waals surface area (Å²) < 4.78 is 5.03. The second-order valence-electron chi connectivity index (χ2n) is 4.81. The van der Waals surface area contributed by atoms with E-state index in [0.29, 0.717) is 16.7 Å². The molecule has 2 nitrogen and oxygen atoms in total. The number of ether oxygens (including phenoxy) is 1. The lowest BCUT2D eigenvalue weighted by molar-refractivity contribution is -0.137. The van der Waals surface area contributed by atoms with Crippen LogP contribution in [-0.2, 0) is 9.53 Å². The molecule has 0 aromatic heterocycles. The molecule has 0 saturated heterocycles. The van der Waals surface area contributed by atoms with Gasteiger partial charge in [-0.25, -0.2) is 4.79 Å². The molecule has 0 amide bonds. The molecule has 0 heterocycles. The zero-order valence-corrected chi connectivity index (χ0v) is 13.9. The van der Waals surface area contributed by atoms with Crippen molar-refractivity contribution in [2.24, 2.45) is 0 Å². The predicted molar refractivity (Wildman–Crippen MR) is 91.4 cm³/mol. The highest BCUT2D eigenvalue weighted by Crippen LogP contribution is 2.30. The van der Waals surface area contributed by atoms with Crippen LogP contribution in [0.2, 0.25) is 10.0 Å². The third-order valence-electron chi connectivity index (χ3n) is 3.11. The van der Waals surface area contributed by atoms with Gasteiger partial charge in [0, 0.05) is 6.08 Å². The molecule has 22 heavy (non-hydrogen) atoms. The fourth-order valence-corrected chi connectivity index (χ4v) is 2.41. The summed E-state index contributed by atoms with van der Waals surface area (Å²) in [7, 11) is 0. The molecular weight excluding hydrogens is 319 g/mol. The maximum absolute atomic E-state index is 11.9. The molecule has 0 radical (unpaired) electrons. The fourth-order valence-electron chi connectivity index (χ4n) is 2.11. The first-order valence-corrected chi connectivity index (χ1v) is 7.67. The number of rotatable bonds is 4. The number of hydrogen-bond acceptors (Lipinski definition) is 2.